The summed E-state index contributed by atoms with van der Waals surface area (Å²) in [6.45, 7) is 6.02. The Morgan fingerprint density at radius 1 is 1.47 bits per heavy atom. The van der Waals surface area contributed by atoms with Crippen molar-refractivity contribution >= 4 is 27.5 Å². The third-order valence-corrected chi connectivity index (χ3v) is 4.66. The molecule has 2 rings (SSSR count). The number of nitrogens with two attached hydrogens (primary N) is 1. The zero-order valence-corrected chi connectivity index (χ0v) is 13.8. The van der Waals surface area contributed by atoms with Crippen LogP contribution in [0.4, 0.5) is 0 Å². The summed E-state index contributed by atoms with van der Waals surface area (Å²) < 4.78 is 1.05. The zero-order valence-electron chi connectivity index (χ0n) is 11.4. The molecule has 0 amide bonds. The number of halogens is 2. The number of rotatable bonds is 3. The van der Waals surface area contributed by atoms with Gasteiger partial charge in [-0.2, -0.15) is 0 Å². The molecule has 1 aliphatic heterocycles. The van der Waals surface area contributed by atoms with Crippen molar-refractivity contribution in [2.45, 2.75) is 19.0 Å². The van der Waals surface area contributed by atoms with E-state index in [0.29, 0.717) is 12.6 Å². The lowest BCUT2D eigenvalue weighted by Crippen LogP contribution is -2.52. The molecule has 1 aliphatic rings. The summed E-state index contributed by atoms with van der Waals surface area (Å²) in [6.07, 6.45) is 0. The van der Waals surface area contributed by atoms with Crippen LogP contribution >= 0.6 is 27.5 Å². The van der Waals surface area contributed by atoms with Gasteiger partial charge in [-0.3, -0.25) is 4.90 Å². The highest BCUT2D eigenvalue weighted by molar-refractivity contribution is 9.10. The molecule has 0 spiro atoms. The summed E-state index contributed by atoms with van der Waals surface area (Å²) in [4.78, 5) is 4.82. The summed E-state index contributed by atoms with van der Waals surface area (Å²) in [7, 11) is 2.16. The van der Waals surface area contributed by atoms with Gasteiger partial charge in [-0.25, -0.2) is 0 Å². The molecule has 0 radical (unpaired) electrons. The molecule has 0 bridgehead atoms. The van der Waals surface area contributed by atoms with Gasteiger partial charge in [0.05, 0.1) is 0 Å². The quantitative estimate of drug-likeness (QED) is 0.913. The maximum atomic E-state index is 6.35. The van der Waals surface area contributed by atoms with Gasteiger partial charge in [0.25, 0.3) is 0 Å². The molecular weight excluding hydrogens is 326 g/mol. The first-order valence-corrected chi connectivity index (χ1v) is 7.79. The van der Waals surface area contributed by atoms with Crippen LogP contribution in [0, 0.1) is 0 Å². The van der Waals surface area contributed by atoms with Crippen molar-refractivity contribution in [3.63, 3.8) is 0 Å². The predicted octanol–water partition coefficient (Wildman–Crippen LogP) is 2.74. The molecule has 2 N–H and O–H groups in total. The number of hydrogen-bond donors (Lipinski definition) is 1. The van der Waals surface area contributed by atoms with Gasteiger partial charge in [-0.05, 0) is 37.7 Å². The molecule has 3 nitrogen and oxygen atoms in total. The highest BCUT2D eigenvalue weighted by Crippen LogP contribution is 2.31. The van der Waals surface area contributed by atoms with Crippen LogP contribution in [0.15, 0.2) is 22.7 Å². The SMILES string of the molecule is CC1CN(C)CCN1C(CN)c1cc(Br)ccc1Cl. The molecule has 19 heavy (non-hydrogen) atoms. The molecular formula is C14H21BrClN3. The number of hydrogen-bond acceptors (Lipinski definition) is 3. The first-order valence-electron chi connectivity index (χ1n) is 6.62. The zero-order chi connectivity index (χ0) is 14.0. The Hall–Kier alpha value is -0.130. The van der Waals surface area contributed by atoms with Crippen LogP contribution < -0.4 is 5.73 Å². The average molecular weight is 347 g/mol. The van der Waals surface area contributed by atoms with Gasteiger partial charge in [-0.15, -0.1) is 0 Å². The predicted molar refractivity (Wildman–Crippen MR) is 84.6 cm³/mol. The van der Waals surface area contributed by atoms with Crippen LogP contribution in [0.3, 0.4) is 0 Å². The molecule has 1 aromatic rings. The fourth-order valence-electron chi connectivity index (χ4n) is 2.83. The van der Waals surface area contributed by atoms with E-state index in [1.807, 2.05) is 12.1 Å². The van der Waals surface area contributed by atoms with Crippen molar-refractivity contribution < 1.29 is 0 Å². The average Bonchev–Trinajstić information content (AvgIpc) is 2.36. The van der Waals surface area contributed by atoms with Crippen molar-refractivity contribution in [1.29, 1.82) is 0 Å². The van der Waals surface area contributed by atoms with Crippen molar-refractivity contribution in [2.24, 2.45) is 5.73 Å². The smallest absolute Gasteiger partial charge is 0.0489 e. The molecule has 1 heterocycles. The Balaban J connectivity index is 2.26. The third kappa shape index (κ3) is 3.50. The van der Waals surface area contributed by atoms with Crippen LogP contribution in [-0.2, 0) is 0 Å². The minimum Gasteiger partial charge on any atom is -0.329 e. The van der Waals surface area contributed by atoms with Crippen LogP contribution in [0.5, 0.6) is 0 Å². The molecule has 2 atom stereocenters. The normalized spacial score (nSPS) is 23.5. The van der Waals surface area contributed by atoms with Crippen LogP contribution in [0.1, 0.15) is 18.5 Å². The minimum absolute atomic E-state index is 0.189. The fraction of sp³-hybridized carbons (Fsp3) is 0.571. The summed E-state index contributed by atoms with van der Waals surface area (Å²) >= 11 is 9.87. The minimum atomic E-state index is 0.189. The molecule has 1 aromatic carbocycles. The first-order chi connectivity index (χ1) is 9.02. The van der Waals surface area contributed by atoms with Gasteiger partial charge in [0, 0.05) is 47.8 Å². The first kappa shape index (κ1) is 15.3. The Morgan fingerprint density at radius 3 is 2.84 bits per heavy atom. The Morgan fingerprint density at radius 2 is 2.21 bits per heavy atom. The third-order valence-electron chi connectivity index (χ3n) is 3.82. The maximum Gasteiger partial charge on any atom is 0.0489 e. The number of benzene rings is 1. The van der Waals surface area contributed by atoms with Gasteiger partial charge >= 0.3 is 0 Å². The molecule has 1 saturated heterocycles. The van der Waals surface area contributed by atoms with Crippen molar-refractivity contribution in [2.75, 3.05) is 33.2 Å². The van der Waals surface area contributed by atoms with E-state index >= 15 is 0 Å². The summed E-state index contributed by atoms with van der Waals surface area (Å²) in [5, 5.41) is 0.796. The summed E-state index contributed by atoms with van der Waals surface area (Å²) in [6, 6.07) is 6.67. The number of likely N-dealkylation sites (N-methyl/N-ethyl adjacent to an activating group) is 1. The molecule has 106 valence electrons. The van der Waals surface area contributed by atoms with Gasteiger partial charge in [0.2, 0.25) is 0 Å². The van der Waals surface area contributed by atoms with E-state index in [4.69, 9.17) is 17.3 Å². The Kier molecular flexibility index (Phi) is 5.26. The lowest BCUT2D eigenvalue weighted by atomic mass is 10.0. The molecule has 0 saturated carbocycles. The van der Waals surface area contributed by atoms with E-state index in [1.54, 1.807) is 0 Å². The van der Waals surface area contributed by atoms with Crippen LogP contribution in [0.2, 0.25) is 5.02 Å². The summed E-state index contributed by atoms with van der Waals surface area (Å²) in [5.41, 5.74) is 7.14. The van der Waals surface area contributed by atoms with E-state index in [-0.39, 0.29) is 6.04 Å². The fourth-order valence-corrected chi connectivity index (χ4v) is 3.45. The van der Waals surface area contributed by atoms with Crippen molar-refractivity contribution in [3.8, 4) is 0 Å². The standard InChI is InChI=1S/C14H21BrClN3/c1-10-9-18(2)5-6-19(10)14(8-17)12-7-11(15)3-4-13(12)16/h3-4,7,10,14H,5-6,8-9,17H2,1-2H3. The largest absolute Gasteiger partial charge is 0.329 e. The summed E-state index contributed by atoms with van der Waals surface area (Å²) in [5.74, 6) is 0. The molecule has 0 aliphatic carbocycles. The van der Waals surface area contributed by atoms with Crippen LogP contribution in [-0.4, -0.2) is 49.1 Å². The molecule has 2 unspecified atom stereocenters. The molecule has 1 fully saturated rings. The van der Waals surface area contributed by atoms with E-state index in [0.717, 1.165) is 34.7 Å². The molecule has 0 aromatic heterocycles. The van der Waals surface area contributed by atoms with E-state index < -0.39 is 0 Å². The monoisotopic (exact) mass is 345 g/mol. The Bertz CT molecular complexity index is 441. The second-order valence-electron chi connectivity index (χ2n) is 5.27. The number of piperazine rings is 1. The van der Waals surface area contributed by atoms with E-state index in [2.05, 4.69) is 45.8 Å². The lowest BCUT2D eigenvalue weighted by molar-refractivity contribution is 0.0636. The van der Waals surface area contributed by atoms with Gasteiger partial charge < -0.3 is 10.6 Å². The van der Waals surface area contributed by atoms with Crippen molar-refractivity contribution in [1.82, 2.24) is 9.80 Å². The second kappa shape index (κ2) is 6.55. The van der Waals surface area contributed by atoms with E-state index in [1.165, 1.54) is 0 Å². The second-order valence-corrected chi connectivity index (χ2v) is 6.59. The Labute approximate surface area is 128 Å². The van der Waals surface area contributed by atoms with Gasteiger partial charge in [0.15, 0.2) is 0 Å². The van der Waals surface area contributed by atoms with Crippen molar-refractivity contribution in [3.05, 3.63) is 33.3 Å². The highest BCUT2D eigenvalue weighted by atomic mass is 79.9. The number of nitrogens with zero attached hydrogens (tertiary/aromatic N) is 2. The topological polar surface area (TPSA) is 32.5 Å². The van der Waals surface area contributed by atoms with E-state index in [9.17, 15) is 0 Å². The molecule has 5 heteroatoms. The maximum absolute atomic E-state index is 6.35. The van der Waals surface area contributed by atoms with Crippen LogP contribution in [0.25, 0.3) is 0 Å². The lowest BCUT2D eigenvalue weighted by Gasteiger charge is -2.43. The van der Waals surface area contributed by atoms with Gasteiger partial charge in [0.1, 0.15) is 0 Å². The van der Waals surface area contributed by atoms with Gasteiger partial charge in [-0.1, -0.05) is 27.5 Å². The highest BCUT2D eigenvalue weighted by Gasteiger charge is 2.29.